The lowest BCUT2D eigenvalue weighted by Crippen LogP contribution is -2.13. The van der Waals surface area contributed by atoms with Crippen molar-refractivity contribution >= 4 is 5.97 Å². The molecule has 134 valence electrons. The summed E-state index contributed by atoms with van der Waals surface area (Å²) in [5, 5.41) is 12.3. The van der Waals surface area contributed by atoms with Crippen LogP contribution in [0, 0.1) is 0 Å². The van der Waals surface area contributed by atoms with Crippen LogP contribution in [0.1, 0.15) is 41.3 Å². The van der Waals surface area contributed by atoms with Crippen LogP contribution < -0.4 is 14.8 Å². The number of aromatic carboxylic acids is 1. The standard InChI is InChI=1S/C20H25NO4/c1-3-4-11-25-19-12-16(7-10-18(19)24-2)14-21-13-15-5-8-17(9-6-15)20(22)23/h5-10,12,21H,3-4,11,13-14H2,1-2H3,(H,22,23). The van der Waals surface area contributed by atoms with E-state index in [9.17, 15) is 4.79 Å². The van der Waals surface area contributed by atoms with E-state index >= 15 is 0 Å². The van der Waals surface area contributed by atoms with E-state index in [1.807, 2.05) is 30.3 Å². The van der Waals surface area contributed by atoms with Crippen molar-refractivity contribution in [3.63, 3.8) is 0 Å². The van der Waals surface area contributed by atoms with Crippen molar-refractivity contribution < 1.29 is 19.4 Å². The van der Waals surface area contributed by atoms with Crippen molar-refractivity contribution in [1.29, 1.82) is 0 Å². The fourth-order valence-corrected chi connectivity index (χ4v) is 2.39. The van der Waals surface area contributed by atoms with Crippen molar-refractivity contribution in [3.8, 4) is 11.5 Å². The third kappa shape index (κ3) is 5.80. The Balaban J connectivity index is 1.91. The molecule has 0 fully saturated rings. The van der Waals surface area contributed by atoms with Gasteiger partial charge in [0, 0.05) is 13.1 Å². The Morgan fingerprint density at radius 1 is 1.04 bits per heavy atom. The molecular formula is C20H25NO4. The second-order valence-electron chi connectivity index (χ2n) is 5.79. The summed E-state index contributed by atoms with van der Waals surface area (Å²) < 4.78 is 11.1. The highest BCUT2D eigenvalue weighted by Crippen LogP contribution is 2.28. The molecule has 0 saturated carbocycles. The Bertz CT molecular complexity index is 683. The average molecular weight is 343 g/mol. The summed E-state index contributed by atoms with van der Waals surface area (Å²) in [5.41, 5.74) is 2.44. The number of methoxy groups -OCH3 is 1. The van der Waals surface area contributed by atoms with Crippen molar-refractivity contribution in [2.24, 2.45) is 0 Å². The van der Waals surface area contributed by atoms with Gasteiger partial charge in [0.1, 0.15) is 0 Å². The van der Waals surface area contributed by atoms with Gasteiger partial charge < -0.3 is 19.9 Å². The third-order valence-electron chi connectivity index (χ3n) is 3.84. The molecular weight excluding hydrogens is 318 g/mol. The zero-order valence-corrected chi connectivity index (χ0v) is 14.7. The summed E-state index contributed by atoms with van der Waals surface area (Å²) in [4.78, 5) is 10.9. The van der Waals surface area contributed by atoms with E-state index < -0.39 is 5.97 Å². The molecule has 0 bridgehead atoms. The number of hydrogen-bond donors (Lipinski definition) is 2. The van der Waals surface area contributed by atoms with Gasteiger partial charge in [0.25, 0.3) is 0 Å². The van der Waals surface area contributed by atoms with E-state index in [4.69, 9.17) is 14.6 Å². The third-order valence-corrected chi connectivity index (χ3v) is 3.84. The summed E-state index contributed by atoms with van der Waals surface area (Å²) in [6, 6.07) is 12.8. The SMILES string of the molecule is CCCCOc1cc(CNCc2ccc(C(=O)O)cc2)ccc1OC. The summed E-state index contributed by atoms with van der Waals surface area (Å²) in [7, 11) is 1.64. The molecule has 2 rings (SSSR count). The van der Waals surface area contributed by atoms with Gasteiger partial charge in [0.2, 0.25) is 0 Å². The molecule has 0 amide bonds. The lowest BCUT2D eigenvalue weighted by molar-refractivity contribution is 0.0697. The van der Waals surface area contributed by atoms with Crippen LogP contribution in [0.4, 0.5) is 0 Å². The van der Waals surface area contributed by atoms with E-state index in [1.165, 1.54) is 0 Å². The van der Waals surface area contributed by atoms with Crippen LogP contribution in [0.3, 0.4) is 0 Å². The number of hydrogen-bond acceptors (Lipinski definition) is 4. The molecule has 0 unspecified atom stereocenters. The number of nitrogens with one attached hydrogen (secondary N) is 1. The molecule has 0 saturated heterocycles. The predicted molar refractivity (Wildman–Crippen MR) is 97.3 cm³/mol. The molecule has 2 N–H and O–H groups in total. The number of carbonyl (C=O) groups is 1. The van der Waals surface area contributed by atoms with Crippen molar-refractivity contribution in [1.82, 2.24) is 5.32 Å². The minimum Gasteiger partial charge on any atom is -0.493 e. The highest BCUT2D eigenvalue weighted by molar-refractivity contribution is 5.87. The van der Waals surface area contributed by atoms with E-state index in [2.05, 4.69) is 12.2 Å². The average Bonchev–Trinajstić information content (AvgIpc) is 2.62. The highest BCUT2D eigenvalue weighted by Gasteiger charge is 2.06. The van der Waals surface area contributed by atoms with E-state index in [0.29, 0.717) is 25.3 Å². The molecule has 0 spiro atoms. The molecule has 2 aromatic rings. The van der Waals surface area contributed by atoms with Gasteiger partial charge in [0.05, 0.1) is 19.3 Å². The molecule has 0 atom stereocenters. The Morgan fingerprint density at radius 3 is 2.36 bits per heavy atom. The van der Waals surface area contributed by atoms with Crippen LogP contribution in [0.25, 0.3) is 0 Å². The Hall–Kier alpha value is -2.53. The minimum absolute atomic E-state index is 0.299. The number of carboxylic acid groups (broad SMARTS) is 1. The summed E-state index contributed by atoms with van der Waals surface area (Å²) in [6.07, 6.45) is 2.10. The van der Waals surface area contributed by atoms with Crippen LogP contribution in [-0.4, -0.2) is 24.8 Å². The number of unbranched alkanes of at least 4 members (excludes halogenated alkanes) is 1. The van der Waals surface area contributed by atoms with Gasteiger partial charge in [-0.1, -0.05) is 31.5 Å². The Morgan fingerprint density at radius 2 is 1.72 bits per heavy atom. The van der Waals surface area contributed by atoms with Gasteiger partial charge >= 0.3 is 5.97 Å². The maximum atomic E-state index is 10.9. The van der Waals surface area contributed by atoms with Crippen LogP contribution in [0.15, 0.2) is 42.5 Å². The zero-order valence-electron chi connectivity index (χ0n) is 14.7. The first-order valence-corrected chi connectivity index (χ1v) is 8.46. The van der Waals surface area contributed by atoms with Crippen molar-refractivity contribution in [3.05, 3.63) is 59.2 Å². The fourth-order valence-electron chi connectivity index (χ4n) is 2.39. The topological polar surface area (TPSA) is 67.8 Å². The molecule has 2 aromatic carbocycles. The fraction of sp³-hybridized carbons (Fsp3) is 0.350. The summed E-state index contributed by atoms with van der Waals surface area (Å²) >= 11 is 0. The first-order chi connectivity index (χ1) is 12.1. The molecule has 0 heterocycles. The van der Waals surface area contributed by atoms with E-state index in [0.717, 1.165) is 35.5 Å². The second kappa shape index (κ2) is 9.69. The van der Waals surface area contributed by atoms with Gasteiger partial charge in [-0.3, -0.25) is 0 Å². The van der Waals surface area contributed by atoms with E-state index in [-0.39, 0.29) is 0 Å². The van der Waals surface area contributed by atoms with E-state index in [1.54, 1.807) is 19.2 Å². The first kappa shape index (κ1) is 18.8. The number of benzene rings is 2. The van der Waals surface area contributed by atoms with Crippen LogP contribution in [0.2, 0.25) is 0 Å². The lowest BCUT2D eigenvalue weighted by atomic mass is 10.1. The Labute approximate surface area is 148 Å². The van der Waals surface area contributed by atoms with Crippen LogP contribution in [0.5, 0.6) is 11.5 Å². The van der Waals surface area contributed by atoms with Gasteiger partial charge in [-0.15, -0.1) is 0 Å². The van der Waals surface area contributed by atoms with Gasteiger partial charge in [-0.05, 0) is 41.8 Å². The molecule has 5 nitrogen and oxygen atoms in total. The maximum absolute atomic E-state index is 10.9. The maximum Gasteiger partial charge on any atom is 0.335 e. The Kier molecular flexibility index (Phi) is 7.29. The number of carboxylic acids is 1. The molecule has 25 heavy (non-hydrogen) atoms. The summed E-state index contributed by atoms with van der Waals surface area (Å²) in [5.74, 6) is 0.596. The molecule has 0 aliphatic rings. The quantitative estimate of drug-likeness (QED) is 0.641. The summed E-state index contributed by atoms with van der Waals surface area (Å²) in [6.45, 7) is 4.16. The molecule has 0 aliphatic carbocycles. The highest BCUT2D eigenvalue weighted by atomic mass is 16.5. The van der Waals surface area contributed by atoms with Gasteiger partial charge in [-0.2, -0.15) is 0 Å². The van der Waals surface area contributed by atoms with Gasteiger partial charge in [-0.25, -0.2) is 4.79 Å². The van der Waals surface area contributed by atoms with Crippen molar-refractivity contribution in [2.75, 3.05) is 13.7 Å². The number of rotatable bonds is 10. The van der Waals surface area contributed by atoms with Gasteiger partial charge in [0.15, 0.2) is 11.5 Å². The van der Waals surface area contributed by atoms with Crippen molar-refractivity contribution in [2.45, 2.75) is 32.9 Å². The predicted octanol–water partition coefficient (Wildman–Crippen LogP) is 3.86. The lowest BCUT2D eigenvalue weighted by Gasteiger charge is -2.12. The zero-order chi connectivity index (χ0) is 18.1. The van der Waals surface area contributed by atoms with Crippen LogP contribution in [-0.2, 0) is 13.1 Å². The smallest absolute Gasteiger partial charge is 0.335 e. The molecule has 0 aliphatic heterocycles. The normalized spacial score (nSPS) is 10.5. The largest absolute Gasteiger partial charge is 0.493 e. The van der Waals surface area contributed by atoms with Crippen LogP contribution >= 0.6 is 0 Å². The minimum atomic E-state index is -0.909. The molecule has 5 heteroatoms. The molecule has 0 aromatic heterocycles. The first-order valence-electron chi connectivity index (χ1n) is 8.46. The second-order valence-corrected chi connectivity index (χ2v) is 5.79. The number of ether oxygens (including phenoxy) is 2. The molecule has 0 radical (unpaired) electrons. The monoisotopic (exact) mass is 343 g/mol.